The molecule has 0 aromatic heterocycles. The molecule has 0 heterocycles. The highest BCUT2D eigenvalue weighted by Crippen LogP contribution is 2.20. The molecule has 2 heteroatoms. The van der Waals surface area contributed by atoms with Gasteiger partial charge in [-0.05, 0) is 36.8 Å². The van der Waals surface area contributed by atoms with Gasteiger partial charge in [0, 0.05) is 0 Å². The van der Waals surface area contributed by atoms with E-state index >= 15 is 0 Å². The molecule has 0 aliphatic carbocycles. The molecule has 0 saturated heterocycles. The van der Waals surface area contributed by atoms with Crippen molar-refractivity contribution in [1.82, 2.24) is 0 Å². The number of esters is 1. The van der Waals surface area contributed by atoms with E-state index in [1.165, 1.54) is 6.42 Å². The lowest BCUT2D eigenvalue weighted by Gasteiger charge is -2.19. The monoisotopic (exact) mass is 262 g/mol. The van der Waals surface area contributed by atoms with Crippen LogP contribution in [0.1, 0.15) is 56.8 Å². The van der Waals surface area contributed by atoms with Crippen molar-refractivity contribution in [3.05, 3.63) is 35.9 Å². The molecule has 0 spiro atoms. The summed E-state index contributed by atoms with van der Waals surface area (Å²) < 4.78 is 5.45. The van der Waals surface area contributed by atoms with Crippen LogP contribution in [0.15, 0.2) is 30.3 Å². The summed E-state index contributed by atoms with van der Waals surface area (Å²) in [5.41, 5.74) is 0.640. The Morgan fingerprint density at radius 1 is 1.21 bits per heavy atom. The smallest absolute Gasteiger partial charge is 0.338 e. The Morgan fingerprint density at radius 2 is 1.89 bits per heavy atom. The Bertz CT molecular complexity index is 359. The SMILES string of the molecule is CCCC(COC(=O)c1ccccc1)CC(C)CC. The topological polar surface area (TPSA) is 26.3 Å². The molecule has 0 radical (unpaired) electrons. The number of carbonyl (C=O) groups is 1. The van der Waals surface area contributed by atoms with Gasteiger partial charge < -0.3 is 4.74 Å². The van der Waals surface area contributed by atoms with Crippen molar-refractivity contribution in [2.24, 2.45) is 11.8 Å². The predicted octanol–water partition coefficient (Wildman–Crippen LogP) is 4.70. The number of rotatable bonds is 8. The maximum Gasteiger partial charge on any atom is 0.338 e. The highest BCUT2D eigenvalue weighted by molar-refractivity contribution is 5.89. The Labute approximate surface area is 117 Å². The fourth-order valence-electron chi connectivity index (χ4n) is 2.26. The molecule has 0 saturated carbocycles. The normalized spacial score (nSPS) is 13.8. The second-order valence-electron chi connectivity index (χ2n) is 5.37. The lowest BCUT2D eigenvalue weighted by molar-refractivity contribution is 0.0413. The lowest BCUT2D eigenvalue weighted by Crippen LogP contribution is -2.16. The second kappa shape index (κ2) is 8.73. The second-order valence-corrected chi connectivity index (χ2v) is 5.37. The van der Waals surface area contributed by atoms with E-state index in [0.29, 0.717) is 24.0 Å². The molecule has 2 nitrogen and oxygen atoms in total. The summed E-state index contributed by atoms with van der Waals surface area (Å²) in [7, 11) is 0. The molecule has 106 valence electrons. The van der Waals surface area contributed by atoms with Gasteiger partial charge in [0.05, 0.1) is 12.2 Å². The van der Waals surface area contributed by atoms with Crippen LogP contribution in [0.5, 0.6) is 0 Å². The Balaban J connectivity index is 2.45. The molecule has 0 aliphatic rings. The van der Waals surface area contributed by atoms with Gasteiger partial charge in [0.2, 0.25) is 0 Å². The van der Waals surface area contributed by atoms with E-state index < -0.39 is 0 Å². The van der Waals surface area contributed by atoms with Crippen LogP contribution in [0, 0.1) is 11.8 Å². The third-order valence-corrected chi connectivity index (χ3v) is 3.59. The molecule has 0 aliphatic heterocycles. The van der Waals surface area contributed by atoms with Crippen molar-refractivity contribution in [3.63, 3.8) is 0 Å². The average Bonchev–Trinajstić information content (AvgIpc) is 2.45. The van der Waals surface area contributed by atoms with Crippen LogP contribution >= 0.6 is 0 Å². The largest absolute Gasteiger partial charge is 0.462 e. The summed E-state index contributed by atoms with van der Waals surface area (Å²) in [6.45, 7) is 7.21. The van der Waals surface area contributed by atoms with Gasteiger partial charge >= 0.3 is 5.97 Å². The number of hydrogen-bond acceptors (Lipinski definition) is 2. The van der Waals surface area contributed by atoms with E-state index in [-0.39, 0.29) is 5.97 Å². The first kappa shape index (κ1) is 15.7. The number of hydrogen-bond donors (Lipinski definition) is 0. The molecule has 0 amide bonds. The first-order chi connectivity index (χ1) is 9.17. The summed E-state index contributed by atoms with van der Waals surface area (Å²) in [6, 6.07) is 9.22. The van der Waals surface area contributed by atoms with Crippen molar-refractivity contribution < 1.29 is 9.53 Å². The molecule has 0 N–H and O–H groups in total. The van der Waals surface area contributed by atoms with Crippen molar-refractivity contribution in [3.8, 4) is 0 Å². The standard InChI is InChI=1S/C17H26O2/c1-4-9-15(12-14(3)5-2)13-19-17(18)16-10-7-6-8-11-16/h6-8,10-11,14-15H,4-5,9,12-13H2,1-3H3. The minimum atomic E-state index is -0.203. The molecule has 1 aromatic carbocycles. The summed E-state index contributed by atoms with van der Waals surface area (Å²) >= 11 is 0. The third kappa shape index (κ3) is 5.91. The average molecular weight is 262 g/mol. The van der Waals surface area contributed by atoms with E-state index in [4.69, 9.17) is 4.74 Å². The van der Waals surface area contributed by atoms with Crippen LogP contribution in [0.4, 0.5) is 0 Å². The third-order valence-electron chi connectivity index (χ3n) is 3.59. The van der Waals surface area contributed by atoms with Gasteiger partial charge in [-0.25, -0.2) is 4.79 Å². The summed E-state index contributed by atoms with van der Waals surface area (Å²) in [5.74, 6) is 0.991. The van der Waals surface area contributed by atoms with Gasteiger partial charge in [-0.1, -0.05) is 51.8 Å². The van der Waals surface area contributed by atoms with Crippen LogP contribution < -0.4 is 0 Å². The number of carbonyl (C=O) groups excluding carboxylic acids is 1. The zero-order valence-electron chi connectivity index (χ0n) is 12.4. The fraction of sp³-hybridized carbons (Fsp3) is 0.588. The van der Waals surface area contributed by atoms with Crippen molar-refractivity contribution >= 4 is 5.97 Å². The zero-order chi connectivity index (χ0) is 14.1. The minimum absolute atomic E-state index is 0.203. The van der Waals surface area contributed by atoms with E-state index in [1.807, 2.05) is 18.2 Å². The zero-order valence-corrected chi connectivity index (χ0v) is 12.4. The molecule has 2 unspecified atom stereocenters. The maximum atomic E-state index is 11.9. The van der Waals surface area contributed by atoms with Gasteiger partial charge in [0.15, 0.2) is 0 Å². The number of ether oxygens (including phenoxy) is 1. The summed E-state index contributed by atoms with van der Waals surface area (Å²) in [4.78, 5) is 11.9. The van der Waals surface area contributed by atoms with Crippen LogP contribution in [0.3, 0.4) is 0 Å². The van der Waals surface area contributed by atoms with Crippen molar-refractivity contribution in [1.29, 1.82) is 0 Å². The lowest BCUT2D eigenvalue weighted by atomic mass is 9.91. The van der Waals surface area contributed by atoms with Gasteiger partial charge in [-0.3, -0.25) is 0 Å². The van der Waals surface area contributed by atoms with Gasteiger partial charge in [0.25, 0.3) is 0 Å². The van der Waals surface area contributed by atoms with Crippen LogP contribution in [-0.2, 0) is 4.74 Å². The van der Waals surface area contributed by atoms with Crippen LogP contribution in [0.2, 0.25) is 0 Å². The van der Waals surface area contributed by atoms with Crippen LogP contribution in [0.25, 0.3) is 0 Å². The van der Waals surface area contributed by atoms with E-state index in [1.54, 1.807) is 12.1 Å². The molecule has 2 atom stereocenters. The van der Waals surface area contributed by atoms with E-state index in [0.717, 1.165) is 19.3 Å². The van der Waals surface area contributed by atoms with Gasteiger partial charge in [-0.15, -0.1) is 0 Å². The van der Waals surface area contributed by atoms with Crippen molar-refractivity contribution in [2.45, 2.75) is 46.5 Å². The molecule has 0 bridgehead atoms. The van der Waals surface area contributed by atoms with Crippen molar-refractivity contribution in [2.75, 3.05) is 6.61 Å². The molecule has 0 fully saturated rings. The number of benzene rings is 1. The highest BCUT2D eigenvalue weighted by atomic mass is 16.5. The maximum absolute atomic E-state index is 11.9. The van der Waals surface area contributed by atoms with Gasteiger partial charge in [-0.2, -0.15) is 0 Å². The molecule has 1 rings (SSSR count). The quantitative estimate of drug-likeness (QED) is 0.635. The molecular formula is C17H26O2. The summed E-state index contributed by atoms with van der Waals surface area (Å²) in [6.07, 6.45) is 4.61. The Morgan fingerprint density at radius 3 is 2.47 bits per heavy atom. The predicted molar refractivity (Wildman–Crippen MR) is 79.2 cm³/mol. The summed E-state index contributed by atoms with van der Waals surface area (Å²) in [5, 5.41) is 0. The Kier molecular flexibility index (Phi) is 7.24. The molecule has 19 heavy (non-hydrogen) atoms. The first-order valence-electron chi connectivity index (χ1n) is 7.39. The highest BCUT2D eigenvalue weighted by Gasteiger charge is 2.15. The Hall–Kier alpha value is -1.31. The molecular weight excluding hydrogens is 236 g/mol. The minimum Gasteiger partial charge on any atom is -0.462 e. The first-order valence-corrected chi connectivity index (χ1v) is 7.39. The van der Waals surface area contributed by atoms with Crippen LogP contribution in [-0.4, -0.2) is 12.6 Å². The van der Waals surface area contributed by atoms with E-state index in [2.05, 4.69) is 20.8 Å². The molecule has 1 aromatic rings. The van der Waals surface area contributed by atoms with Gasteiger partial charge in [0.1, 0.15) is 0 Å². The fourth-order valence-corrected chi connectivity index (χ4v) is 2.26. The van der Waals surface area contributed by atoms with E-state index in [9.17, 15) is 4.79 Å².